The van der Waals surface area contributed by atoms with E-state index in [-0.39, 0.29) is 22.6 Å². The molecule has 1 aromatic heterocycles. The standard InChI is InChI=1S/C30H31N5O4S2/c1-33-14-12-20(13-15-33)34-28(30-31-25-6-4-5-7-26(25)40-30)27(19-16-22(38-2)18-23(17-19)39-3)29(34)32-41-24-10-8-21(9-11-24)35(36)37/h4-11,16-18,20,27-28H,12-15H2,1-3H3. The van der Waals surface area contributed by atoms with Crippen LogP contribution < -0.4 is 9.47 Å². The molecule has 2 unspecified atom stereocenters. The molecule has 3 heterocycles. The van der Waals surface area contributed by atoms with E-state index in [0.29, 0.717) is 6.04 Å². The first kappa shape index (κ1) is 27.5. The number of ether oxygens (including phenoxy) is 2. The number of para-hydroxylation sites is 1. The molecule has 3 aromatic carbocycles. The number of benzene rings is 3. The summed E-state index contributed by atoms with van der Waals surface area (Å²) in [6, 6.07) is 21.1. The lowest BCUT2D eigenvalue weighted by atomic mass is 9.78. The van der Waals surface area contributed by atoms with Crippen LogP contribution in [0.3, 0.4) is 0 Å². The zero-order valence-electron chi connectivity index (χ0n) is 23.1. The van der Waals surface area contributed by atoms with E-state index in [4.69, 9.17) is 18.9 Å². The maximum Gasteiger partial charge on any atom is 0.269 e. The number of hydrogen-bond donors (Lipinski definition) is 0. The van der Waals surface area contributed by atoms with Gasteiger partial charge < -0.3 is 19.3 Å². The van der Waals surface area contributed by atoms with Crippen molar-refractivity contribution in [3.63, 3.8) is 0 Å². The average molecular weight is 590 g/mol. The van der Waals surface area contributed by atoms with Crippen molar-refractivity contribution in [2.75, 3.05) is 34.4 Å². The van der Waals surface area contributed by atoms with Crippen LogP contribution in [0.15, 0.2) is 76.0 Å². The molecule has 0 N–H and O–H groups in total. The third-order valence-electron chi connectivity index (χ3n) is 7.83. The van der Waals surface area contributed by atoms with Gasteiger partial charge >= 0.3 is 0 Å². The predicted octanol–water partition coefficient (Wildman–Crippen LogP) is 6.56. The SMILES string of the molecule is COc1cc(OC)cc(C2C(=NSc3ccc([N+](=O)[O-])cc3)N(C3CCN(C)CC3)C2c2nc3ccccc3s2)c1. The maximum atomic E-state index is 11.2. The van der Waals surface area contributed by atoms with E-state index < -0.39 is 0 Å². The van der Waals surface area contributed by atoms with Crippen molar-refractivity contribution in [3.05, 3.63) is 87.4 Å². The fraction of sp³-hybridized carbons (Fsp3) is 0.333. The van der Waals surface area contributed by atoms with E-state index in [2.05, 4.69) is 47.2 Å². The van der Waals surface area contributed by atoms with E-state index in [0.717, 1.165) is 64.2 Å². The number of piperidine rings is 1. The Labute approximate surface area is 247 Å². The summed E-state index contributed by atoms with van der Waals surface area (Å²) in [7, 11) is 5.49. The van der Waals surface area contributed by atoms with Crippen LogP contribution in [0.5, 0.6) is 11.5 Å². The van der Waals surface area contributed by atoms with Gasteiger partial charge in [-0.15, -0.1) is 11.3 Å². The summed E-state index contributed by atoms with van der Waals surface area (Å²) < 4.78 is 17.6. The number of amidine groups is 1. The number of fused-ring (bicyclic) bond motifs is 1. The van der Waals surface area contributed by atoms with Gasteiger partial charge in [0.1, 0.15) is 22.3 Å². The molecule has 11 heteroatoms. The zero-order valence-corrected chi connectivity index (χ0v) is 24.7. The first-order valence-corrected chi connectivity index (χ1v) is 15.1. The second kappa shape index (κ2) is 11.7. The highest BCUT2D eigenvalue weighted by molar-refractivity contribution is 7.98. The van der Waals surface area contributed by atoms with Crippen molar-refractivity contribution in [1.29, 1.82) is 0 Å². The summed E-state index contributed by atoms with van der Waals surface area (Å²) in [5, 5.41) is 12.2. The first-order chi connectivity index (χ1) is 19.9. The van der Waals surface area contributed by atoms with Crippen molar-refractivity contribution in [2.45, 2.75) is 35.7 Å². The summed E-state index contributed by atoms with van der Waals surface area (Å²) in [6.45, 7) is 2.04. The van der Waals surface area contributed by atoms with Crippen molar-refractivity contribution in [2.24, 2.45) is 4.40 Å². The van der Waals surface area contributed by atoms with Crippen molar-refractivity contribution in [1.82, 2.24) is 14.8 Å². The van der Waals surface area contributed by atoms with Crippen LogP contribution >= 0.6 is 23.3 Å². The maximum absolute atomic E-state index is 11.2. The fourth-order valence-corrected chi connectivity index (χ4v) is 7.43. The highest BCUT2D eigenvalue weighted by atomic mass is 32.2. The van der Waals surface area contributed by atoms with Crippen LogP contribution in [0.2, 0.25) is 0 Å². The summed E-state index contributed by atoms with van der Waals surface area (Å²) in [5.74, 6) is 2.36. The zero-order chi connectivity index (χ0) is 28.5. The van der Waals surface area contributed by atoms with Crippen LogP contribution in [0.4, 0.5) is 5.69 Å². The lowest BCUT2D eigenvalue weighted by Gasteiger charge is -2.54. The second-order valence-electron chi connectivity index (χ2n) is 10.3. The molecule has 212 valence electrons. The van der Waals surface area contributed by atoms with Crippen molar-refractivity contribution >= 4 is 45.0 Å². The van der Waals surface area contributed by atoms with Gasteiger partial charge in [-0.2, -0.15) is 4.40 Å². The lowest BCUT2D eigenvalue weighted by Crippen LogP contribution is -2.59. The molecule has 2 atom stereocenters. The Morgan fingerprint density at radius 2 is 1.71 bits per heavy atom. The lowest BCUT2D eigenvalue weighted by molar-refractivity contribution is -0.384. The highest BCUT2D eigenvalue weighted by Gasteiger charge is 2.51. The minimum atomic E-state index is -0.386. The number of nitrogens with zero attached hydrogens (tertiary/aromatic N) is 5. The molecule has 0 amide bonds. The monoisotopic (exact) mass is 589 g/mol. The minimum Gasteiger partial charge on any atom is -0.497 e. The molecule has 9 nitrogen and oxygen atoms in total. The topological polar surface area (TPSA) is 93.3 Å². The van der Waals surface area contributed by atoms with E-state index in [1.165, 1.54) is 28.8 Å². The summed E-state index contributed by atoms with van der Waals surface area (Å²) in [5.41, 5.74) is 2.12. The molecule has 0 aliphatic carbocycles. The number of methoxy groups -OCH3 is 2. The predicted molar refractivity (Wildman–Crippen MR) is 163 cm³/mol. The highest BCUT2D eigenvalue weighted by Crippen LogP contribution is 2.53. The summed E-state index contributed by atoms with van der Waals surface area (Å²) in [4.78, 5) is 21.6. The third kappa shape index (κ3) is 5.49. The summed E-state index contributed by atoms with van der Waals surface area (Å²) >= 11 is 3.08. The molecule has 0 bridgehead atoms. The Morgan fingerprint density at radius 3 is 2.34 bits per heavy atom. The number of hydrogen-bond acceptors (Lipinski definition) is 9. The van der Waals surface area contributed by atoms with Crippen LogP contribution in [-0.4, -0.2) is 65.9 Å². The molecule has 0 radical (unpaired) electrons. The molecule has 2 saturated heterocycles. The number of rotatable bonds is 8. The molecule has 2 fully saturated rings. The first-order valence-electron chi connectivity index (χ1n) is 13.5. The van der Waals surface area contributed by atoms with Crippen molar-refractivity contribution < 1.29 is 14.4 Å². The molecule has 6 rings (SSSR count). The van der Waals surface area contributed by atoms with E-state index in [9.17, 15) is 10.1 Å². The van der Waals surface area contributed by atoms with Gasteiger partial charge in [-0.05, 0) is 74.9 Å². The number of nitro benzene ring substituents is 1. The van der Waals surface area contributed by atoms with Crippen LogP contribution in [-0.2, 0) is 0 Å². The van der Waals surface area contributed by atoms with E-state index >= 15 is 0 Å². The van der Waals surface area contributed by atoms with Gasteiger partial charge in [0.25, 0.3) is 5.69 Å². The number of nitro groups is 1. The van der Waals surface area contributed by atoms with Gasteiger partial charge in [0.05, 0.1) is 41.3 Å². The Balaban J connectivity index is 1.45. The third-order valence-corrected chi connectivity index (χ3v) is 9.70. The Bertz CT molecular complexity index is 1530. The Morgan fingerprint density at radius 1 is 1.02 bits per heavy atom. The average Bonchev–Trinajstić information content (AvgIpc) is 3.41. The quantitative estimate of drug-likeness (QED) is 0.130. The van der Waals surface area contributed by atoms with Crippen LogP contribution in [0.1, 0.15) is 35.4 Å². The molecule has 0 spiro atoms. The largest absolute Gasteiger partial charge is 0.497 e. The van der Waals surface area contributed by atoms with Gasteiger partial charge in [-0.3, -0.25) is 10.1 Å². The van der Waals surface area contributed by atoms with E-state index in [1.807, 2.05) is 12.1 Å². The van der Waals surface area contributed by atoms with E-state index in [1.54, 1.807) is 37.7 Å². The van der Waals surface area contributed by atoms with Gasteiger partial charge in [0, 0.05) is 41.1 Å². The van der Waals surface area contributed by atoms with Gasteiger partial charge in [-0.1, -0.05) is 12.1 Å². The van der Waals surface area contributed by atoms with Gasteiger partial charge in [0.2, 0.25) is 0 Å². The molecule has 2 aliphatic heterocycles. The van der Waals surface area contributed by atoms with Crippen molar-refractivity contribution in [3.8, 4) is 11.5 Å². The molecule has 0 saturated carbocycles. The number of likely N-dealkylation sites (tertiary alicyclic amines) is 2. The molecule has 2 aliphatic rings. The fourth-order valence-electron chi connectivity index (χ4n) is 5.66. The number of aromatic nitrogens is 1. The molecule has 4 aromatic rings. The summed E-state index contributed by atoms with van der Waals surface area (Å²) in [6.07, 6.45) is 2.07. The Kier molecular flexibility index (Phi) is 7.83. The van der Waals surface area contributed by atoms with Crippen LogP contribution in [0.25, 0.3) is 10.2 Å². The number of thiazole rings is 1. The van der Waals surface area contributed by atoms with Gasteiger partial charge in [-0.25, -0.2) is 4.98 Å². The molecular weight excluding hydrogens is 558 g/mol. The number of non-ortho nitro benzene ring substituents is 1. The minimum absolute atomic E-state index is 0.00818. The smallest absolute Gasteiger partial charge is 0.269 e. The molecular formula is C30H31N5O4S2. The second-order valence-corrected chi connectivity index (χ2v) is 12.2. The molecule has 41 heavy (non-hydrogen) atoms. The van der Waals surface area contributed by atoms with Gasteiger partial charge in [0.15, 0.2) is 0 Å². The normalized spacial score (nSPS) is 20.8. The van der Waals surface area contributed by atoms with Crippen LogP contribution in [0, 0.1) is 10.1 Å². The Hall–Kier alpha value is -3.67.